The summed E-state index contributed by atoms with van der Waals surface area (Å²) >= 11 is 0. The van der Waals surface area contributed by atoms with Gasteiger partial charge in [0.25, 0.3) is 0 Å². The van der Waals surface area contributed by atoms with Gasteiger partial charge in [-0.1, -0.05) is 36.4 Å². The highest BCUT2D eigenvalue weighted by Gasteiger charge is 2.23. The number of carbonyl (C=O) groups excluding carboxylic acids is 1. The molecule has 3 aliphatic rings. The number of benzene rings is 3. The highest BCUT2D eigenvalue weighted by molar-refractivity contribution is 5.68. The summed E-state index contributed by atoms with van der Waals surface area (Å²) in [6.07, 6.45) is -0.386. The van der Waals surface area contributed by atoms with Gasteiger partial charge in [-0.15, -0.1) is 0 Å². The smallest absolute Gasteiger partial charge is 0.410 e. The van der Waals surface area contributed by atoms with Gasteiger partial charge in [0.1, 0.15) is 43.5 Å². The lowest BCUT2D eigenvalue weighted by Crippen LogP contribution is -2.36. The minimum absolute atomic E-state index is 0.377. The van der Waals surface area contributed by atoms with Crippen LogP contribution in [0.2, 0.25) is 0 Å². The van der Waals surface area contributed by atoms with E-state index in [4.69, 9.17) is 42.6 Å². The van der Waals surface area contributed by atoms with Crippen LogP contribution in [0.3, 0.4) is 0 Å². The Labute approximate surface area is 283 Å². The number of fused-ring (bicyclic) bond motifs is 2. The third-order valence-electron chi connectivity index (χ3n) is 6.80. The molecule has 1 amide bonds. The van der Waals surface area contributed by atoms with Gasteiger partial charge in [-0.2, -0.15) is 0 Å². The summed E-state index contributed by atoms with van der Waals surface area (Å²) in [4.78, 5) is 14.8. The van der Waals surface area contributed by atoms with Crippen LogP contribution in [-0.2, 0) is 36.8 Å². The molecule has 3 aromatic carbocycles. The average Bonchev–Trinajstić information content (AvgIpc) is 3.07. The second-order valence-electron chi connectivity index (χ2n) is 11.9. The zero-order valence-corrected chi connectivity index (χ0v) is 28.4. The highest BCUT2D eigenvalue weighted by Crippen LogP contribution is 2.26. The summed E-state index contributed by atoms with van der Waals surface area (Å²) in [5.74, 6) is 2.75. The lowest BCUT2D eigenvalue weighted by Gasteiger charge is -2.27. The van der Waals surface area contributed by atoms with Crippen molar-refractivity contribution in [3.63, 3.8) is 0 Å². The number of hydrogen-bond donors (Lipinski definition) is 0. The zero-order valence-electron chi connectivity index (χ0n) is 28.4. The standard InChI is InChI=1S/C37H49NO10/c1-37(2,3)48-36(39)38-28-30-8-12-32(13-9-30)44-24-20-40-16-18-42-22-26-46-34-6-4-5-7-35(34)47-27-23-43-19-17-41-21-25-45-33-14-10-31(29-38)11-15-33/h4-15H,16-29H2,1-3H3. The third-order valence-corrected chi connectivity index (χ3v) is 6.80. The summed E-state index contributed by atoms with van der Waals surface area (Å²) in [7, 11) is 0. The number of hydrogen-bond acceptors (Lipinski definition) is 10. The SMILES string of the molecule is CC(C)(C)OC(=O)N1Cc2ccc(cc2)OCCOCCOCCOc2ccccc2OCCOCCOCCOc2ccc(cc2)C1. The van der Waals surface area contributed by atoms with Crippen LogP contribution < -0.4 is 18.9 Å². The Morgan fingerprint density at radius 2 is 0.875 bits per heavy atom. The van der Waals surface area contributed by atoms with Gasteiger partial charge in [-0.25, -0.2) is 4.79 Å². The largest absolute Gasteiger partial charge is 0.491 e. The molecule has 0 spiro atoms. The van der Waals surface area contributed by atoms with E-state index in [-0.39, 0.29) is 6.09 Å². The Bertz CT molecular complexity index is 1240. The van der Waals surface area contributed by atoms with Gasteiger partial charge in [-0.05, 0) is 68.3 Å². The maximum absolute atomic E-state index is 13.1. The second-order valence-corrected chi connectivity index (χ2v) is 11.9. The summed E-state index contributed by atoms with van der Waals surface area (Å²) in [5.41, 5.74) is 1.29. The Morgan fingerprint density at radius 3 is 1.25 bits per heavy atom. The third kappa shape index (κ3) is 14.4. The molecule has 0 aliphatic carbocycles. The van der Waals surface area contributed by atoms with Crippen LogP contribution >= 0.6 is 0 Å². The summed E-state index contributed by atoms with van der Waals surface area (Å²) in [6.45, 7) is 11.4. The van der Waals surface area contributed by atoms with Crippen molar-refractivity contribution in [2.75, 3.05) is 79.3 Å². The molecule has 0 fully saturated rings. The molecule has 6 rings (SSSR count). The van der Waals surface area contributed by atoms with Crippen LogP contribution in [0.15, 0.2) is 72.8 Å². The molecule has 11 heteroatoms. The minimum atomic E-state index is -0.615. The molecule has 3 aliphatic heterocycles. The van der Waals surface area contributed by atoms with E-state index >= 15 is 0 Å². The molecule has 262 valence electrons. The van der Waals surface area contributed by atoms with E-state index in [0.29, 0.717) is 104 Å². The summed E-state index contributed by atoms with van der Waals surface area (Å²) < 4.78 is 51.6. The number of nitrogens with zero attached hydrogens (tertiary/aromatic N) is 1. The molecule has 0 radical (unpaired) electrons. The van der Waals surface area contributed by atoms with Crippen molar-refractivity contribution in [1.29, 1.82) is 0 Å². The van der Waals surface area contributed by atoms with E-state index in [1.807, 2.05) is 93.6 Å². The van der Waals surface area contributed by atoms with Crippen LogP contribution in [0.25, 0.3) is 0 Å². The number of para-hydroxylation sites is 2. The van der Waals surface area contributed by atoms with E-state index < -0.39 is 5.60 Å². The molecular formula is C37H49NO10. The van der Waals surface area contributed by atoms with Crippen LogP contribution in [-0.4, -0.2) is 95.9 Å². The topological polar surface area (TPSA) is 103 Å². The van der Waals surface area contributed by atoms with Crippen molar-refractivity contribution in [3.8, 4) is 23.0 Å². The first-order chi connectivity index (χ1) is 23.4. The molecule has 48 heavy (non-hydrogen) atoms. The molecule has 3 aromatic rings. The number of carbonyl (C=O) groups is 1. The summed E-state index contributed by atoms with van der Waals surface area (Å²) in [5, 5.41) is 0. The van der Waals surface area contributed by atoms with Gasteiger partial charge in [-0.3, -0.25) is 4.90 Å². The first-order valence-corrected chi connectivity index (χ1v) is 16.4. The van der Waals surface area contributed by atoms with Crippen molar-refractivity contribution < 1.29 is 47.4 Å². The fraction of sp³-hybridized carbons (Fsp3) is 0.486. The Hall–Kier alpha value is -4.03. The van der Waals surface area contributed by atoms with Crippen LogP contribution in [0.4, 0.5) is 4.79 Å². The van der Waals surface area contributed by atoms with Gasteiger partial charge in [0.2, 0.25) is 0 Å². The van der Waals surface area contributed by atoms with Crippen molar-refractivity contribution in [1.82, 2.24) is 4.90 Å². The molecule has 0 unspecified atom stereocenters. The van der Waals surface area contributed by atoms with Crippen LogP contribution in [0.1, 0.15) is 31.9 Å². The molecule has 0 saturated heterocycles. The van der Waals surface area contributed by atoms with Crippen LogP contribution in [0, 0.1) is 0 Å². The number of ether oxygens (including phenoxy) is 9. The second kappa shape index (κ2) is 20.4. The fourth-order valence-electron chi connectivity index (χ4n) is 4.53. The van der Waals surface area contributed by atoms with Gasteiger partial charge in [0.05, 0.1) is 52.9 Å². The lowest BCUT2D eigenvalue weighted by atomic mass is 10.1. The summed E-state index contributed by atoms with van der Waals surface area (Å²) in [6, 6.07) is 22.9. The molecule has 0 atom stereocenters. The fourth-order valence-corrected chi connectivity index (χ4v) is 4.53. The zero-order chi connectivity index (χ0) is 33.9. The minimum Gasteiger partial charge on any atom is -0.491 e. The normalized spacial score (nSPS) is 17.1. The maximum atomic E-state index is 13.1. The van der Waals surface area contributed by atoms with E-state index in [2.05, 4.69) is 0 Å². The molecular weight excluding hydrogens is 618 g/mol. The molecule has 0 saturated carbocycles. The van der Waals surface area contributed by atoms with Crippen molar-refractivity contribution >= 4 is 6.09 Å². The quantitative estimate of drug-likeness (QED) is 0.287. The Kier molecular flexibility index (Phi) is 15.6. The highest BCUT2D eigenvalue weighted by atomic mass is 16.6. The first-order valence-electron chi connectivity index (χ1n) is 16.4. The molecule has 4 bridgehead atoms. The molecule has 3 heterocycles. The lowest BCUT2D eigenvalue weighted by molar-refractivity contribution is 0.0216. The molecule has 11 nitrogen and oxygen atoms in total. The van der Waals surface area contributed by atoms with Gasteiger partial charge >= 0.3 is 6.09 Å². The maximum Gasteiger partial charge on any atom is 0.410 e. The monoisotopic (exact) mass is 667 g/mol. The van der Waals surface area contributed by atoms with Crippen molar-refractivity contribution in [2.45, 2.75) is 39.5 Å². The Morgan fingerprint density at radius 1 is 0.521 bits per heavy atom. The van der Waals surface area contributed by atoms with E-state index in [1.54, 1.807) is 4.90 Å². The van der Waals surface area contributed by atoms with Gasteiger partial charge in [0, 0.05) is 13.1 Å². The van der Waals surface area contributed by atoms with Crippen LogP contribution in [0.5, 0.6) is 23.0 Å². The van der Waals surface area contributed by atoms with E-state index in [0.717, 1.165) is 22.6 Å². The van der Waals surface area contributed by atoms with E-state index in [9.17, 15) is 4.79 Å². The number of rotatable bonds is 0. The molecule has 0 N–H and O–H groups in total. The molecule has 0 aromatic heterocycles. The van der Waals surface area contributed by atoms with Gasteiger partial charge < -0.3 is 42.6 Å². The Balaban J connectivity index is 1.32. The van der Waals surface area contributed by atoms with E-state index in [1.165, 1.54) is 0 Å². The number of amides is 1. The van der Waals surface area contributed by atoms with Crippen molar-refractivity contribution in [3.05, 3.63) is 83.9 Å². The predicted molar refractivity (Wildman–Crippen MR) is 180 cm³/mol. The predicted octanol–water partition coefficient (Wildman–Crippen LogP) is 5.92. The van der Waals surface area contributed by atoms with Gasteiger partial charge in [0.15, 0.2) is 11.5 Å². The first kappa shape index (κ1) is 36.8. The average molecular weight is 668 g/mol. The van der Waals surface area contributed by atoms with Crippen molar-refractivity contribution in [2.24, 2.45) is 0 Å².